The third kappa shape index (κ3) is 4.88. The van der Waals surface area contributed by atoms with Crippen molar-refractivity contribution in [3.8, 4) is 0 Å². The minimum Gasteiger partial charge on any atom is -0.451 e. The zero-order valence-corrected chi connectivity index (χ0v) is 18.5. The largest absolute Gasteiger partial charge is 0.451 e. The number of carbonyl (C=O) groups excluding carboxylic acids is 3. The fourth-order valence-electron chi connectivity index (χ4n) is 3.08. The average molecular weight is 472 g/mol. The number of rotatable bonds is 6. The number of anilines is 2. The van der Waals surface area contributed by atoms with E-state index in [0.29, 0.717) is 23.5 Å². The molecule has 0 aliphatic carbocycles. The number of furan rings is 1. The molecule has 0 radical (unpaired) electrons. The Hall–Kier alpha value is -3.13. The van der Waals surface area contributed by atoms with E-state index in [-0.39, 0.29) is 30.0 Å². The smallest absolute Gasteiger partial charge is 0.290 e. The molecule has 0 aliphatic heterocycles. The number of hydrogen-bond acceptors (Lipinski definition) is 4. The molecule has 0 aliphatic rings. The quantitative estimate of drug-likeness (QED) is 0.550. The maximum absolute atomic E-state index is 13.0. The highest BCUT2D eigenvalue weighted by atomic mass is 79.9. The Morgan fingerprint density at radius 2 is 1.67 bits per heavy atom. The van der Waals surface area contributed by atoms with Gasteiger partial charge in [0.1, 0.15) is 12.1 Å². The van der Waals surface area contributed by atoms with Gasteiger partial charge >= 0.3 is 0 Å². The van der Waals surface area contributed by atoms with Crippen LogP contribution in [0, 0.1) is 6.92 Å². The van der Waals surface area contributed by atoms with Crippen LogP contribution in [0.1, 0.15) is 30.0 Å². The standard InChI is InChI=1S/C22H22BrN3O4/c1-4-26(12-20(28)25-17-8-6-16(7-9-17)24-14(3)27)22(29)21-13(2)18-11-15(23)5-10-19(18)30-21/h5-11H,4,12H2,1-3H3,(H,24,27)(H,25,28). The Balaban J connectivity index is 1.70. The summed E-state index contributed by atoms with van der Waals surface area (Å²) in [7, 11) is 0. The number of nitrogens with one attached hydrogen (secondary N) is 2. The molecule has 0 spiro atoms. The lowest BCUT2D eigenvalue weighted by Gasteiger charge is -2.19. The number of amides is 3. The topological polar surface area (TPSA) is 91.7 Å². The second-order valence-electron chi connectivity index (χ2n) is 6.82. The number of benzene rings is 2. The molecule has 3 amide bonds. The van der Waals surface area contributed by atoms with Crippen molar-refractivity contribution in [3.05, 3.63) is 58.3 Å². The van der Waals surface area contributed by atoms with Crippen LogP contribution < -0.4 is 10.6 Å². The summed E-state index contributed by atoms with van der Waals surface area (Å²) < 4.78 is 6.66. The molecule has 0 saturated carbocycles. The summed E-state index contributed by atoms with van der Waals surface area (Å²) in [6.07, 6.45) is 0. The van der Waals surface area contributed by atoms with Crippen LogP contribution in [0.4, 0.5) is 11.4 Å². The first-order valence-electron chi connectivity index (χ1n) is 9.44. The first kappa shape index (κ1) is 21.6. The summed E-state index contributed by atoms with van der Waals surface area (Å²) in [5.41, 5.74) is 2.57. The molecule has 0 atom stereocenters. The van der Waals surface area contributed by atoms with Gasteiger partial charge in [-0.1, -0.05) is 15.9 Å². The first-order chi connectivity index (χ1) is 14.3. The van der Waals surface area contributed by atoms with Crippen molar-refractivity contribution >= 4 is 56.0 Å². The number of halogens is 1. The third-order valence-electron chi connectivity index (χ3n) is 4.58. The summed E-state index contributed by atoms with van der Waals surface area (Å²) in [4.78, 5) is 38.0. The highest BCUT2D eigenvalue weighted by molar-refractivity contribution is 9.10. The Morgan fingerprint density at radius 3 is 2.27 bits per heavy atom. The number of carbonyl (C=O) groups is 3. The molecule has 1 heterocycles. The van der Waals surface area contributed by atoms with Crippen LogP contribution in [0.25, 0.3) is 11.0 Å². The lowest BCUT2D eigenvalue weighted by molar-refractivity contribution is -0.117. The minimum absolute atomic E-state index is 0.108. The molecule has 1 aromatic heterocycles. The van der Waals surface area contributed by atoms with Gasteiger partial charge in [0.15, 0.2) is 5.76 Å². The van der Waals surface area contributed by atoms with Crippen LogP contribution >= 0.6 is 15.9 Å². The maximum atomic E-state index is 13.0. The van der Waals surface area contributed by atoms with E-state index in [2.05, 4.69) is 26.6 Å². The maximum Gasteiger partial charge on any atom is 0.290 e. The second-order valence-corrected chi connectivity index (χ2v) is 7.74. The van der Waals surface area contributed by atoms with Crippen molar-refractivity contribution in [1.82, 2.24) is 4.90 Å². The van der Waals surface area contributed by atoms with Crippen molar-refractivity contribution in [1.29, 1.82) is 0 Å². The van der Waals surface area contributed by atoms with Crippen molar-refractivity contribution in [2.75, 3.05) is 23.7 Å². The fourth-order valence-corrected chi connectivity index (χ4v) is 3.44. The predicted molar refractivity (Wildman–Crippen MR) is 120 cm³/mol. The Bertz CT molecular complexity index is 1110. The van der Waals surface area contributed by atoms with E-state index in [1.165, 1.54) is 11.8 Å². The van der Waals surface area contributed by atoms with Gasteiger partial charge in [0.05, 0.1) is 0 Å². The van der Waals surface area contributed by atoms with E-state index >= 15 is 0 Å². The van der Waals surface area contributed by atoms with E-state index in [1.807, 2.05) is 26.0 Å². The van der Waals surface area contributed by atoms with Crippen LogP contribution in [-0.4, -0.2) is 35.7 Å². The Labute approximate surface area is 182 Å². The van der Waals surface area contributed by atoms with Gasteiger partial charge in [-0.05, 0) is 56.3 Å². The van der Waals surface area contributed by atoms with Gasteiger partial charge in [-0.15, -0.1) is 0 Å². The molecule has 2 aromatic carbocycles. The highest BCUT2D eigenvalue weighted by Crippen LogP contribution is 2.28. The average Bonchev–Trinajstić information content (AvgIpc) is 3.03. The number of aryl methyl sites for hydroxylation is 1. The highest BCUT2D eigenvalue weighted by Gasteiger charge is 2.24. The van der Waals surface area contributed by atoms with E-state index < -0.39 is 0 Å². The van der Waals surface area contributed by atoms with Gasteiger partial charge in [0, 0.05) is 40.3 Å². The van der Waals surface area contributed by atoms with Crippen LogP contribution in [0.2, 0.25) is 0 Å². The first-order valence-corrected chi connectivity index (χ1v) is 10.2. The van der Waals surface area contributed by atoms with Gasteiger partial charge in [0.25, 0.3) is 5.91 Å². The molecule has 3 rings (SSSR count). The van der Waals surface area contributed by atoms with E-state index in [4.69, 9.17) is 4.42 Å². The summed E-state index contributed by atoms with van der Waals surface area (Å²) in [5.74, 6) is -0.595. The van der Waals surface area contributed by atoms with E-state index in [0.717, 1.165) is 15.4 Å². The molecule has 2 N–H and O–H groups in total. The molecular formula is C22H22BrN3O4. The lowest BCUT2D eigenvalue weighted by atomic mass is 10.1. The number of likely N-dealkylation sites (N-methyl/N-ethyl adjacent to an activating group) is 1. The van der Waals surface area contributed by atoms with Gasteiger partial charge in [-0.25, -0.2) is 0 Å². The summed E-state index contributed by atoms with van der Waals surface area (Å²) in [6.45, 7) is 5.31. The molecule has 0 fully saturated rings. The van der Waals surface area contributed by atoms with Crippen LogP contribution in [0.5, 0.6) is 0 Å². The predicted octanol–water partition coefficient (Wildman–Crippen LogP) is 4.56. The van der Waals surface area contributed by atoms with Gasteiger partial charge in [0.2, 0.25) is 11.8 Å². The SMILES string of the molecule is CCN(CC(=O)Nc1ccc(NC(C)=O)cc1)C(=O)c1oc2ccc(Br)cc2c1C. The third-order valence-corrected chi connectivity index (χ3v) is 5.08. The van der Waals surface area contributed by atoms with Gasteiger partial charge in [-0.3, -0.25) is 14.4 Å². The van der Waals surface area contributed by atoms with Gasteiger partial charge < -0.3 is 20.0 Å². The number of hydrogen-bond donors (Lipinski definition) is 2. The second kappa shape index (κ2) is 9.13. The minimum atomic E-state index is -0.335. The van der Waals surface area contributed by atoms with E-state index in [1.54, 1.807) is 30.3 Å². The lowest BCUT2D eigenvalue weighted by Crippen LogP contribution is -2.38. The van der Waals surface area contributed by atoms with Crippen molar-refractivity contribution in [2.24, 2.45) is 0 Å². The van der Waals surface area contributed by atoms with Crippen molar-refractivity contribution in [3.63, 3.8) is 0 Å². The zero-order chi connectivity index (χ0) is 21.8. The number of fused-ring (bicyclic) bond motifs is 1. The van der Waals surface area contributed by atoms with Gasteiger partial charge in [-0.2, -0.15) is 0 Å². The molecule has 30 heavy (non-hydrogen) atoms. The summed E-state index contributed by atoms with van der Waals surface area (Å²) in [5, 5.41) is 6.28. The normalized spacial score (nSPS) is 10.7. The number of nitrogens with zero attached hydrogens (tertiary/aromatic N) is 1. The molecule has 0 unspecified atom stereocenters. The van der Waals surface area contributed by atoms with Crippen LogP contribution in [0.15, 0.2) is 51.4 Å². The summed E-state index contributed by atoms with van der Waals surface area (Å²) in [6, 6.07) is 12.3. The van der Waals surface area contributed by atoms with Crippen LogP contribution in [-0.2, 0) is 9.59 Å². The molecule has 0 bridgehead atoms. The zero-order valence-electron chi connectivity index (χ0n) is 16.9. The Morgan fingerprint density at radius 1 is 1.03 bits per heavy atom. The van der Waals surface area contributed by atoms with Crippen molar-refractivity contribution in [2.45, 2.75) is 20.8 Å². The van der Waals surface area contributed by atoms with Crippen LogP contribution in [0.3, 0.4) is 0 Å². The molecule has 0 saturated heterocycles. The molecular weight excluding hydrogens is 450 g/mol. The monoisotopic (exact) mass is 471 g/mol. The molecule has 8 heteroatoms. The Kier molecular flexibility index (Phi) is 6.56. The summed E-state index contributed by atoms with van der Waals surface area (Å²) >= 11 is 3.43. The molecule has 156 valence electrons. The van der Waals surface area contributed by atoms with E-state index in [9.17, 15) is 14.4 Å². The fraction of sp³-hybridized carbons (Fsp3) is 0.227. The molecule has 7 nitrogen and oxygen atoms in total. The van der Waals surface area contributed by atoms with Crippen molar-refractivity contribution < 1.29 is 18.8 Å². The molecule has 3 aromatic rings.